The first-order chi connectivity index (χ1) is 14.9. The van der Waals surface area contributed by atoms with E-state index < -0.39 is 23.4 Å². The van der Waals surface area contributed by atoms with Gasteiger partial charge in [-0.3, -0.25) is 0 Å². The van der Waals surface area contributed by atoms with Gasteiger partial charge in [-0.05, 0) is 41.5 Å². The molecule has 2 N–H and O–H groups in total. The number of ether oxygens (including phenoxy) is 1. The van der Waals surface area contributed by atoms with Crippen molar-refractivity contribution in [2.45, 2.75) is 31.3 Å². The summed E-state index contributed by atoms with van der Waals surface area (Å²) < 4.78 is 35.1. The molecule has 0 aliphatic carbocycles. The summed E-state index contributed by atoms with van der Waals surface area (Å²) in [6.07, 6.45) is 3.35. The minimum atomic E-state index is -3.59. The SMILES string of the molecule is C[C@H](c1cc(Oc2cnc(C(=O)O)cn2)ccc1Cl)[C@@](O)(c1ccnc(Cl)c1)C(C)(F)F. The number of carboxylic acid groups (broad SMARTS) is 1. The van der Waals surface area contributed by atoms with Gasteiger partial charge in [-0.15, -0.1) is 0 Å². The molecule has 11 heteroatoms. The summed E-state index contributed by atoms with van der Waals surface area (Å²) in [6, 6.07) is 6.71. The van der Waals surface area contributed by atoms with Crippen molar-refractivity contribution < 1.29 is 28.5 Å². The summed E-state index contributed by atoms with van der Waals surface area (Å²) in [5.74, 6) is -5.90. The van der Waals surface area contributed by atoms with Crippen LogP contribution in [0.2, 0.25) is 10.2 Å². The molecule has 32 heavy (non-hydrogen) atoms. The van der Waals surface area contributed by atoms with Crippen LogP contribution in [0.5, 0.6) is 11.6 Å². The largest absolute Gasteiger partial charge is 0.476 e. The van der Waals surface area contributed by atoms with Gasteiger partial charge in [-0.2, -0.15) is 0 Å². The number of halogens is 4. The number of carboxylic acids is 1. The van der Waals surface area contributed by atoms with Crippen molar-refractivity contribution >= 4 is 29.2 Å². The van der Waals surface area contributed by atoms with Crippen molar-refractivity contribution in [3.8, 4) is 11.6 Å². The normalized spacial score (nSPS) is 14.5. The van der Waals surface area contributed by atoms with Crippen LogP contribution in [0.15, 0.2) is 48.9 Å². The first-order valence-corrected chi connectivity index (χ1v) is 9.94. The van der Waals surface area contributed by atoms with E-state index in [1.807, 2.05) is 0 Å². The van der Waals surface area contributed by atoms with Crippen molar-refractivity contribution in [1.29, 1.82) is 0 Å². The topological polar surface area (TPSA) is 105 Å². The second-order valence-corrected chi connectivity index (χ2v) is 7.87. The molecule has 0 spiro atoms. The van der Waals surface area contributed by atoms with E-state index in [2.05, 4.69) is 15.0 Å². The summed E-state index contributed by atoms with van der Waals surface area (Å²) in [6.45, 7) is 2.00. The summed E-state index contributed by atoms with van der Waals surface area (Å²) in [5.41, 5.74) is -2.90. The molecule has 0 unspecified atom stereocenters. The monoisotopic (exact) mass is 483 g/mol. The number of aromatic carboxylic acids is 1. The van der Waals surface area contributed by atoms with Gasteiger partial charge in [0.2, 0.25) is 5.88 Å². The van der Waals surface area contributed by atoms with Crippen LogP contribution in [-0.4, -0.2) is 37.1 Å². The molecule has 0 amide bonds. The Balaban J connectivity index is 2.01. The standard InChI is InChI=1S/C21H17Cl2F2N3O4/c1-11(21(31,20(2,24)25)12-5-6-26-17(23)7-12)14-8-13(3-4-15(14)22)32-18-10-27-16(9-28-18)19(29)30/h3-11,31H,1-2H3,(H,29,30)/t11-,21-/m1/s1. The molecular formula is C21H17Cl2F2N3O4. The van der Waals surface area contributed by atoms with Crippen LogP contribution in [0.4, 0.5) is 8.78 Å². The molecule has 0 saturated carbocycles. The van der Waals surface area contributed by atoms with Crippen molar-refractivity contribution in [3.63, 3.8) is 0 Å². The number of aliphatic hydroxyl groups is 1. The summed E-state index contributed by atoms with van der Waals surface area (Å²) in [4.78, 5) is 22.2. The van der Waals surface area contributed by atoms with Gasteiger partial charge < -0.3 is 14.9 Å². The van der Waals surface area contributed by atoms with Crippen LogP contribution in [0.3, 0.4) is 0 Å². The lowest BCUT2D eigenvalue weighted by atomic mass is 9.75. The van der Waals surface area contributed by atoms with Gasteiger partial charge >= 0.3 is 5.97 Å². The second kappa shape index (κ2) is 8.93. The Labute approximate surface area is 191 Å². The molecule has 0 bridgehead atoms. The molecule has 7 nitrogen and oxygen atoms in total. The molecule has 2 atom stereocenters. The summed E-state index contributed by atoms with van der Waals surface area (Å²) >= 11 is 12.1. The molecule has 0 radical (unpaired) electrons. The van der Waals surface area contributed by atoms with Gasteiger partial charge in [0, 0.05) is 24.1 Å². The second-order valence-electron chi connectivity index (χ2n) is 7.07. The average Bonchev–Trinajstić information content (AvgIpc) is 2.73. The maximum absolute atomic E-state index is 14.8. The van der Waals surface area contributed by atoms with Crippen molar-refractivity contribution in [3.05, 3.63) is 75.9 Å². The number of hydrogen-bond acceptors (Lipinski definition) is 6. The van der Waals surface area contributed by atoms with Crippen molar-refractivity contribution in [1.82, 2.24) is 15.0 Å². The van der Waals surface area contributed by atoms with Gasteiger partial charge in [0.1, 0.15) is 10.9 Å². The van der Waals surface area contributed by atoms with E-state index in [4.69, 9.17) is 33.0 Å². The zero-order valence-corrected chi connectivity index (χ0v) is 18.3. The number of nitrogens with zero attached hydrogens (tertiary/aromatic N) is 3. The Morgan fingerprint density at radius 3 is 2.41 bits per heavy atom. The van der Waals surface area contributed by atoms with Crippen LogP contribution < -0.4 is 4.74 Å². The smallest absolute Gasteiger partial charge is 0.356 e. The Kier molecular flexibility index (Phi) is 6.64. The number of benzene rings is 1. The zero-order chi connectivity index (χ0) is 23.7. The quantitative estimate of drug-likeness (QED) is 0.438. The minimum Gasteiger partial charge on any atom is -0.476 e. The maximum Gasteiger partial charge on any atom is 0.356 e. The third kappa shape index (κ3) is 4.64. The number of rotatable bonds is 7. The molecule has 0 aliphatic heterocycles. The predicted octanol–water partition coefficient (Wildman–Crippen LogP) is 5.32. The fourth-order valence-corrected chi connectivity index (χ4v) is 3.72. The maximum atomic E-state index is 14.8. The zero-order valence-electron chi connectivity index (χ0n) is 16.8. The fourth-order valence-electron chi connectivity index (χ4n) is 3.27. The van der Waals surface area contributed by atoms with E-state index in [-0.39, 0.29) is 38.6 Å². The highest BCUT2D eigenvalue weighted by molar-refractivity contribution is 6.31. The number of alkyl halides is 2. The molecule has 3 aromatic rings. The van der Waals surface area contributed by atoms with E-state index >= 15 is 0 Å². The minimum absolute atomic E-state index is 0.0204. The molecule has 3 rings (SSSR count). The lowest BCUT2D eigenvalue weighted by Gasteiger charge is -2.39. The molecule has 1 aromatic carbocycles. The van der Waals surface area contributed by atoms with Crippen LogP contribution in [0.25, 0.3) is 0 Å². The summed E-state index contributed by atoms with van der Waals surface area (Å²) in [7, 11) is 0. The predicted molar refractivity (Wildman–Crippen MR) is 113 cm³/mol. The molecule has 0 fully saturated rings. The van der Waals surface area contributed by atoms with Crippen LogP contribution in [0.1, 0.15) is 41.4 Å². The van der Waals surface area contributed by atoms with Crippen molar-refractivity contribution in [2.24, 2.45) is 0 Å². The molecule has 2 aromatic heterocycles. The van der Waals surface area contributed by atoms with E-state index in [9.17, 15) is 18.7 Å². The summed E-state index contributed by atoms with van der Waals surface area (Å²) in [5, 5.41) is 20.2. The van der Waals surface area contributed by atoms with Gasteiger partial charge in [0.25, 0.3) is 5.92 Å². The van der Waals surface area contributed by atoms with Crippen LogP contribution >= 0.6 is 23.2 Å². The van der Waals surface area contributed by atoms with Crippen LogP contribution in [0, 0.1) is 0 Å². The number of aromatic nitrogens is 3. The fraction of sp³-hybridized carbons (Fsp3) is 0.238. The Morgan fingerprint density at radius 1 is 1.12 bits per heavy atom. The van der Waals surface area contributed by atoms with Gasteiger partial charge in [-0.25, -0.2) is 28.5 Å². The Morgan fingerprint density at radius 2 is 1.84 bits per heavy atom. The Hall–Kier alpha value is -2.88. The van der Waals surface area contributed by atoms with Gasteiger partial charge in [0.15, 0.2) is 11.3 Å². The molecule has 0 aliphatic rings. The first kappa shape index (κ1) is 23.8. The lowest BCUT2D eigenvalue weighted by molar-refractivity contribution is -0.187. The first-order valence-electron chi connectivity index (χ1n) is 9.18. The number of carbonyl (C=O) groups is 1. The van der Waals surface area contributed by atoms with E-state index in [1.54, 1.807) is 0 Å². The highest BCUT2D eigenvalue weighted by atomic mass is 35.5. The molecular weight excluding hydrogens is 467 g/mol. The lowest BCUT2D eigenvalue weighted by Crippen LogP contribution is -2.47. The van der Waals surface area contributed by atoms with Crippen molar-refractivity contribution in [2.75, 3.05) is 0 Å². The number of pyridine rings is 1. The molecule has 0 saturated heterocycles. The highest BCUT2D eigenvalue weighted by Gasteiger charge is 2.54. The van der Waals surface area contributed by atoms with Gasteiger partial charge in [-0.1, -0.05) is 30.1 Å². The average molecular weight is 484 g/mol. The number of hydrogen-bond donors (Lipinski definition) is 2. The van der Waals surface area contributed by atoms with E-state index in [0.717, 1.165) is 12.4 Å². The molecule has 2 heterocycles. The third-order valence-electron chi connectivity index (χ3n) is 4.97. The van der Waals surface area contributed by atoms with Gasteiger partial charge in [0.05, 0.1) is 12.4 Å². The highest BCUT2D eigenvalue weighted by Crippen LogP contribution is 2.49. The molecule has 168 valence electrons. The van der Waals surface area contributed by atoms with E-state index in [0.29, 0.717) is 6.92 Å². The Bertz CT molecular complexity index is 1140. The van der Waals surface area contributed by atoms with E-state index in [1.165, 1.54) is 43.5 Å². The van der Waals surface area contributed by atoms with Crippen LogP contribution in [-0.2, 0) is 5.60 Å². The third-order valence-corrected chi connectivity index (χ3v) is 5.52.